The molecule has 1 heterocycles. The van der Waals surface area contributed by atoms with Crippen LogP contribution in [0.1, 0.15) is 20.3 Å². The lowest BCUT2D eigenvalue weighted by Crippen LogP contribution is -2.07. The SMILES string of the molecule is CC[C@H](C)COc1cc(Cl)ccn1. The first kappa shape index (κ1) is 10.3. The van der Waals surface area contributed by atoms with Crippen LogP contribution in [0.3, 0.4) is 0 Å². The molecule has 1 rings (SSSR count). The Labute approximate surface area is 83.9 Å². The zero-order chi connectivity index (χ0) is 9.68. The standard InChI is InChI=1S/C10H14ClNO/c1-3-8(2)7-13-10-6-9(11)4-5-12-10/h4-6,8H,3,7H2,1-2H3/t8-/m0/s1. The number of ether oxygens (including phenoxy) is 1. The maximum absolute atomic E-state index is 5.77. The molecule has 0 aliphatic heterocycles. The third-order valence-corrected chi connectivity index (χ3v) is 2.14. The van der Waals surface area contributed by atoms with Gasteiger partial charge < -0.3 is 4.74 Å². The van der Waals surface area contributed by atoms with E-state index < -0.39 is 0 Å². The summed E-state index contributed by atoms with van der Waals surface area (Å²) in [5.74, 6) is 1.16. The number of hydrogen-bond acceptors (Lipinski definition) is 2. The Morgan fingerprint density at radius 1 is 1.62 bits per heavy atom. The van der Waals surface area contributed by atoms with Crippen LogP contribution in [0.25, 0.3) is 0 Å². The summed E-state index contributed by atoms with van der Waals surface area (Å²) in [6.45, 7) is 4.98. The van der Waals surface area contributed by atoms with Gasteiger partial charge in [0.05, 0.1) is 6.61 Å². The molecule has 0 fully saturated rings. The van der Waals surface area contributed by atoms with E-state index >= 15 is 0 Å². The zero-order valence-electron chi connectivity index (χ0n) is 7.96. The first-order valence-corrected chi connectivity index (χ1v) is 4.84. The molecule has 1 aromatic heterocycles. The highest BCUT2D eigenvalue weighted by atomic mass is 35.5. The van der Waals surface area contributed by atoms with Gasteiger partial charge in [0.15, 0.2) is 0 Å². The highest BCUT2D eigenvalue weighted by Gasteiger charge is 2.01. The van der Waals surface area contributed by atoms with E-state index in [1.165, 1.54) is 0 Å². The van der Waals surface area contributed by atoms with Gasteiger partial charge in [0.2, 0.25) is 5.88 Å². The van der Waals surface area contributed by atoms with Gasteiger partial charge in [0.25, 0.3) is 0 Å². The van der Waals surface area contributed by atoms with Crippen LogP contribution in [0.15, 0.2) is 18.3 Å². The molecule has 2 nitrogen and oxygen atoms in total. The fraction of sp³-hybridized carbons (Fsp3) is 0.500. The molecule has 0 radical (unpaired) electrons. The first-order chi connectivity index (χ1) is 6.22. The van der Waals surface area contributed by atoms with Crippen molar-refractivity contribution in [2.24, 2.45) is 5.92 Å². The molecule has 0 bridgehead atoms. The lowest BCUT2D eigenvalue weighted by atomic mass is 10.1. The summed E-state index contributed by atoms with van der Waals surface area (Å²) in [7, 11) is 0. The van der Waals surface area contributed by atoms with Crippen molar-refractivity contribution in [3.63, 3.8) is 0 Å². The summed E-state index contributed by atoms with van der Waals surface area (Å²) >= 11 is 5.77. The molecule has 1 aromatic rings. The Balaban J connectivity index is 2.45. The lowest BCUT2D eigenvalue weighted by molar-refractivity contribution is 0.248. The van der Waals surface area contributed by atoms with Crippen molar-refractivity contribution in [2.75, 3.05) is 6.61 Å². The maximum Gasteiger partial charge on any atom is 0.214 e. The maximum atomic E-state index is 5.77. The van der Waals surface area contributed by atoms with Crippen molar-refractivity contribution in [3.05, 3.63) is 23.4 Å². The van der Waals surface area contributed by atoms with Crippen LogP contribution in [-0.4, -0.2) is 11.6 Å². The van der Waals surface area contributed by atoms with Crippen molar-refractivity contribution < 1.29 is 4.74 Å². The molecule has 0 spiro atoms. The number of pyridine rings is 1. The molecule has 0 unspecified atom stereocenters. The highest BCUT2D eigenvalue weighted by Crippen LogP contribution is 2.14. The Hall–Kier alpha value is -0.760. The van der Waals surface area contributed by atoms with E-state index in [1.807, 2.05) is 0 Å². The van der Waals surface area contributed by atoms with Gasteiger partial charge in [-0.2, -0.15) is 0 Å². The molecule has 0 aliphatic rings. The smallest absolute Gasteiger partial charge is 0.214 e. The molecule has 1 atom stereocenters. The lowest BCUT2D eigenvalue weighted by Gasteiger charge is -2.09. The Morgan fingerprint density at radius 3 is 3.00 bits per heavy atom. The van der Waals surface area contributed by atoms with Gasteiger partial charge in [-0.25, -0.2) is 4.98 Å². The van der Waals surface area contributed by atoms with E-state index in [0.717, 1.165) is 6.42 Å². The van der Waals surface area contributed by atoms with Crippen LogP contribution in [0.4, 0.5) is 0 Å². The van der Waals surface area contributed by atoms with Crippen molar-refractivity contribution in [1.82, 2.24) is 4.98 Å². The van der Waals surface area contributed by atoms with E-state index in [1.54, 1.807) is 18.3 Å². The molecule has 0 amide bonds. The number of aromatic nitrogens is 1. The summed E-state index contributed by atoms with van der Waals surface area (Å²) in [6, 6.07) is 3.46. The predicted octanol–water partition coefficient (Wildman–Crippen LogP) is 3.16. The monoisotopic (exact) mass is 199 g/mol. The second kappa shape index (κ2) is 5.07. The average Bonchev–Trinajstić information content (AvgIpc) is 2.14. The summed E-state index contributed by atoms with van der Waals surface area (Å²) in [5.41, 5.74) is 0. The predicted molar refractivity (Wildman–Crippen MR) is 54.2 cm³/mol. The van der Waals surface area contributed by atoms with Crippen molar-refractivity contribution in [2.45, 2.75) is 20.3 Å². The van der Waals surface area contributed by atoms with E-state index in [0.29, 0.717) is 23.4 Å². The van der Waals surface area contributed by atoms with Crippen LogP contribution in [0, 0.1) is 5.92 Å². The average molecular weight is 200 g/mol. The third kappa shape index (κ3) is 3.64. The number of hydrogen-bond donors (Lipinski definition) is 0. The molecule has 0 N–H and O–H groups in total. The minimum absolute atomic E-state index is 0.556. The van der Waals surface area contributed by atoms with Crippen LogP contribution in [-0.2, 0) is 0 Å². The van der Waals surface area contributed by atoms with Gasteiger partial charge in [-0.1, -0.05) is 31.9 Å². The normalized spacial score (nSPS) is 12.5. The molecular weight excluding hydrogens is 186 g/mol. The summed E-state index contributed by atoms with van der Waals surface area (Å²) in [4.78, 5) is 4.04. The zero-order valence-corrected chi connectivity index (χ0v) is 8.71. The molecular formula is C10H14ClNO. The second-order valence-corrected chi connectivity index (χ2v) is 3.57. The van der Waals surface area contributed by atoms with E-state index in [9.17, 15) is 0 Å². The molecule has 3 heteroatoms. The van der Waals surface area contributed by atoms with Crippen LogP contribution in [0.2, 0.25) is 5.02 Å². The van der Waals surface area contributed by atoms with Crippen LogP contribution >= 0.6 is 11.6 Å². The highest BCUT2D eigenvalue weighted by molar-refractivity contribution is 6.30. The summed E-state index contributed by atoms with van der Waals surface area (Å²) in [5, 5.41) is 0.661. The van der Waals surface area contributed by atoms with E-state index in [2.05, 4.69) is 18.8 Å². The largest absolute Gasteiger partial charge is 0.477 e. The first-order valence-electron chi connectivity index (χ1n) is 4.46. The quantitative estimate of drug-likeness (QED) is 0.743. The molecule has 13 heavy (non-hydrogen) atoms. The molecule has 72 valence electrons. The molecule has 0 saturated carbocycles. The van der Waals surface area contributed by atoms with E-state index in [-0.39, 0.29) is 0 Å². The molecule has 0 saturated heterocycles. The van der Waals surface area contributed by atoms with Crippen molar-refractivity contribution in [1.29, 1.82) is 0 Å². The topological polar surface area (TPSA) is 22.1 Å². The molecule has 0 aliphatic carbocycles. The summed E-state index contributed by atoms with van der Waals surface area (Å²) in [6.07, 6.45) is 2.76. The Morgan fingerprint density at radius 2 is 2.38 bits per heavy atom. The fourth-order valence-corrected chi connectivity index (χ4v) is 0.959. The van der Waals surface area contributed by atoms with Crippen molar-refractivity contribution >= 4 is 11.6 Å². The minimum Gasteiger partial charge on any atom is -0.477 e. The van der Waals surface area contributed by atoms with Gasteiger partial charge in [0.1, 0.15) is 0 Å². The Bertz CT molecular complexity index is 265. The van der Waals surface area contributed by atoms with Crippen LogP contribution in [0.5, 0.6) is 5.88 Å². The summed E-state index contributed by atoms with van der Waals surface area (Å²) < 4.78 is 5.44. The van der Waals surface area contributed by atoms with E-state index in [4.69, 9.17) is 16.3 Å². The van der Waals surface area contributed by atoms with Gasteiger partial charge in [-0.15, -0.1) is 0 Å². The van der Waals surface area contributed by atoms with Gasteiger partial charge in [-0.05, 0) is 12.0 Å². The van der Waals surface area contributed by atoms with Crippen LogP contribution < -0.4 is 4.74 Å². The van der Waals surface area contributed by atoms with Gasteiger partial charge in [-0.3, -0.25) is 0 Å². The molecule has 0 aromatic carbocycles. The fourth-order valence-electron chi connectivity index (χ4n) is 0.810. The number of halogens is 1. The number of nitrogens with zero attached hydrogens (tertiary/aromatic N) is 1. The Kier molecular flexibility index (Phi) is 4.03. The minimum atomic E-state index is 0.556. The van der Waals surface area contributed by atoms with Crippen molar-refractivity contribution in [3.8, 4) is 5.88 Å². The third-order valence-electron chi connectivity index (χ3n) is 1.91. The van der Waals surface area contributed by atoms with Gasteiger partial charge >= 0.3 is 0 Å². The van der Waals surface area contributed by atoms with Gasteiger partial charge in [0, 0.05) is 17.3 Å². The second-order valence-electron chi connectivity index (χ2n) is 3.14. The number of rotatable bonds is 4.